The van der Waals surface area contributed by atoms with E-state index >= 15 is 0 Å². The van der Waals surface area contributed by atoms with Crippen LogP contribution in [0.5, 0.6) is 0 Å². The topological polar surface area (TPSA) is 75.6 Å². The van der Waals surface area contributed by atoms with Crippen LogP contribution < -0.4 is 0 Å². The maximum atomic E-state index is 9.99. The van der Waals surface area contributed by atoms with Crippen molar-refractivity contribution in [3.63, 3.8) is 0 Å². The van der Waals surface area contributed by atoms with E-state index in [2.05, 4.69) is 0 Å². The van der Waals surface area contributed by atoms with Crippen molar-refractivity contribution in [2.24, 2.45) is 0 Å². The molecule has 0 spiro atoms. The number of ether oxygens (including phenoxy) is 6. The van der Waals surface area contributed by atoms with E-state index in [4.69, 9.17) is 28.4 Å². The fourth-order valence-electron chi connectivity index (χ4n) is 2.40. The first-order valence-corrected chi connectivity index (χ1v) is 6.08. The molecule has 0 amide bonds. The first-order valence-electron chi connectivity index (χ1n) is 6.08. The average Bonchev–Trinajstić information content (AvgIpc) is 2.43. The number of hydrogen-bond donors (Lipinski definition) is 1. The largest absolute Gasteiger partial charge is 0.382 e. The molecule has 7 heteroatoms. The molecule has 1 aliphatic rings. The second kappa shape index (κ2) is 8.11. The van der Waals surface area contributed by atoms with Gasteiger partial charge in [0.25, 0.3) is 0 Å². The standard InChI is InChI=1S/C12H24O7/c1-14-6-7(15-2)8-9(16-3)10(17-4)11(18-5)12(13)19-8/h7-13H,6H2,1-5H3/t7-,8+,9+,10-,11-,12+/m0/s1. The lowest BCUT2D eigenvalue weighted by Crippen LogP contribution is -2.63. The summed E-state index contributed by atoms with van der Waals surface area (Å²) in [4.78, 5) is 0. The molecule has 0 saturated carbocycles. The Morgan fingerprint density at radius 2 is 1.53 bits per heavy atom. The Balaban J connectivity index is 2.91. The minimum absolute atomic E-state index is 0.321. The van der Waals surface area contributed by atoms with Gasteiger partial charge in [-0.25, -0.2) is 0 Å². The summed E-state index contributed by atoms with van der Waals surface area (Å²) in [6.07, 6.45) is -3.51. The van der Waals surface area contributed by atoms with Crippen LogP contribution in [-0.4, -0.2) is 84.1 Å². The summed E-state index contributed by atoms with van der Waals surface area (Å²) >= 11 is 0. The lowest BCUT2D eigenvalue weighted by molar-refractivity contribution is -0.312. The van der Waals surface area contributed by atoms with Crippen molar-refractivity contribution in [3.05, 3.63) is 0 Å². The van der Waals surface area contributed by atoms with Gasteiger partial charge in [-0.2, -0.15) is 0 Å². The van der Waals surface area contributed by atoms with E-state index in [0.717, 1.165) is 0 Å². The van der Waals surface area contributed by atoms with Crippen LogP contribution in [0.1, 0.15) is 0 Å². The summed E-state index contributed by atoms with van der Waals surface area (Å²) in [7, 11) is 7.70. The summed E-state index contributed by atoms with van der Waals surface area (Å²) in [6, 6.07) is 0. The van der Waals surface area contributed by atoms with Crippen molar-refractivity contribution in [2.75, 3.05) is 42.2 Å². The normalized spacial score (nSPS) is 37.3. The number of aliphatic hydroxyl groups excluding tert-OH is 1. The lowest BCUT2D eigenvalue weighted by atomic mass is 9.95. The van der Waals surface area contributed by atoms with Crippen LogP contribution in [0.15, 0.2) is 0 Å². The van der Waals surface area contributed by atoms with Crippen LogP contribution in [0.2, 0.25) is 0 Å². The van der Waals surface area contributed by atoms with Crippen LogP contribution in [-0.2, 0) is 28.4 Å². The smallest absolute Gasteiger partial charge is 0.184 e. The summed E-state index contributed by atoms with van der Waals surface area (Å²) in [5.74, 6) is 0. The Labute approximate surface area is 113 Å². The SMILES string of the molecule is COC[C@H](OC)[C@H]1O[C@@H](O)[C@@H](OC)[C@@H](OC)[C@@H]1OC. The molecule has 1 aliphatic heterocycles. The molecule has 7 nitrogen and oxygen atoms in total. The monoisotopic (exact) mass is 280 g/mol. The minimum atomic E-state index is -1.11. The van der Waals surface area contributed by atoms with E-state index in [0.29, 0.717) is 6.61 Å². The molecule has 0 aliphatic carbocycles. The van der Waals surface area contributed by atoms with E-state index in [1.54, 1.807) is 21.3 Å². The predicted octanol–water partition coefficient (Wildman–Crippen LogP) is -0.590. The van der Waals surface area contributed by atoms with Gasteiger partial charge in [0, 0.05) is 35.5 Å². The highest BCUT2D eigenvalue weighted by Crippen LogP contribution is 2.28. The highest BCUT2D eigenvalue weighted by molar-refractivity contribution is 4.95. The highest BCUT2D eigenvalue weighted by Gasteiger charge is 2.49. The van der Waals surface area contributed by atoms with Crippen molar-refractivity contribution < 1.29 is 33.5 Å². The van der Waals surface area contributed by atoms with Crippen LogP contribution in [0.3, 0.4) is 0 Å². The van der Waals surface area contributed by atoms with Gasteiger partial charge >= 0.3 is 0 Å². The van der Waals surface area contributed by atoms with Crippen molar-refractivity contribution in [1.82, 2.24) is 0 Å². The number of methoxy groups -OCH3 is 5. The van der Waals surface area contributed by atoms with Gasteiger partial charge in [-0.1, -0.05) is 0 Å². The predicted molar refractivity (Wildman–Crippen MR) is 65.9 cm³/mol. The second-order valence-electron chi connectivity index (χ2n) is 4.32. The Morgan fingerprint density at radius 1 is 0.947 bits per heavy atom. The molecule has 0 bridgehead atoms. The highest BCUT2D eigenvalue weighted by atomic mass is 16.7. The molecule has 19 heavy (non-hydrogen) atoms. The average molecular weight is 280 g/mol. The fraction of sp³-hybridized carbons (Fsp3) is 1.00. The Hall–Kier alpha value is -0.280. The first-order chi connectivity index (χ1) is 9.14. The van der Waals surface area contributed by atoms with Gasteiger partial charge < -0.3 is 33.5 Å². The summed E-state index contributed by atoms with van der Waals surface area (Å²) < 4.78 is 32.0. The quantitative estimate of drug-likeness (QED) is 0.668. The molecule has 1 saturated heterocycles. The number of rotatable bonds is 7. The second-order valence-corrected chi connectivity index (χ2v) is 4.32. The molecule has 1 rings (SSSR count). The van der Waals surface area contributed by atoms with Crippen LogP contribution in [0.25, 0.3) is 0 Å². The molecule has 114 valence electrons. The third kappa shape index (κ3) is 3.63. The van der Waals surface area contributed by atoms with Crippen LogP contribution in [0.4, 0.5) is 0 Å². The van der Waals surface area contributed by atoms with Crippen molar-refractivity contribution in [2.45, 2.75) is 36.8 Å². The molecule has 1 fully saturated rings. The molecule has 0 radical (unpaired) electrons. The molecule has 0 aromatic rings. The molecule has 0 unspecified atom stereocenters. The number of hydrogen-bond acceptors (Lipinski definition) is 7. The zero-order valence-corrected chi connectivity index (χ0v) is 12.1. The van der Waals surface area contributed by atoms with Gasteiger partial charge in [0.2, 0.25) is 0 Å². The number of aliphatic hydroxyl groups is 1. The molecule has 0 aromatic heterocycles. The Bertz CT molecular complexity index is 250. The Kier molecular flexibility index (Phi) is 7.16. The van der Waals surface area contributed by atoms with E-state index < -0.39 is 30.7 Å². The van der Waals surface area contributed by atoms with Crippen molar-refractivity contribution in [1.29, 1.82) is 0 Å². The lowest BCUT2D eigenvalue weighted by Gasteiger charge is -2.45. The zero-order chi connectivity index (χ0) is 14.4. The van der Waals surface area contributed by atoms with Gasteiger partial charge in [-0.3, -0.25) is 0 Å². The molecule has 0 aromatic carbocycles. The molecule has 6 atom stereocenters. The third-order valence-corrected chi connectivity index (χ3v) is 3.37. The summed E-state index contributed by atoms with van der Waals surface area (Å²) in [5.41, 5.74) is 0. The Morgan fingerprint density at radius 3 is 1.95 bits per heavy atom. The van der Waals surface area contributed by atoms with Gasteiger partial charge in [0.1, 0.15) is 30.5 Å². The maximum absolute atomic E-state index is 9.99. The fourth-order valence-corrected chi connectivity index (χ4v) is 2.40. The molecular formula is C12H24O7. The van der Waals surface area contributed by atoms with E-state index in [9.17, 15) is 5.11 Å². The van der Waals surface area contributed by atoms with Gasteiger partial charge in [0.05, 0.1) is 6.61 Å². The van der Waals surface area contributed by atoms with Gasteiger partial charge in [-0.05, 0) is 0 Å². The third-order valence-electron chi connectivity index (χ3n) is 3.37. The van der Waals surface area contributed by atoms with Gasteiger partial charge in [-0.15, -0.1) is 0 Å². The van der Waals surface area contributed by atoms with E-state index in [1.165, 1.54) is 14.2 Å². The van der Waals surface area contributed by atoms with E-state index in [1.807, 2.05) is 0 Å². The minimum Gasteiger partial charge on any atom is -0.382 e. The van der Waals surface area contributed by atoms with E-state index in [-0.39, 0.29) is 6.10 Å². The van der Waals surface area contributed by atoms with Crippen molar-refractivity contribution in [3.8, 4) is 0 Å². The molecule has 1 N–H and O–H groups in total. The van der Waals surface area contributed by atoms with Crippen molar-refractivity contribution >= 4 is 0 Å². The summed E-state index contributed by atoms with van der Waals surface area (Å²) in [5, 5.41) is 9.99. The van der Waals surface area contributed by atoms with Gasteiger partial charge in [0.15, 0.2) is 6.29 Å². The first kappa shape index (κ1) is 16.8. The zero-order valence-electron chi connectivity index (χ0n) is 12.1. The van der Waals surface area contributed by atoms with Crippen LogP contribution >= 0.6 is 0 Å². The van der Waals surface area contributed by atoms with Crippen LogP contribution in [0, 0.1) is 0 Å². The molecular weight excluding hydrogens is 256 g/mol. The maximum Gasteiger partial charge on any atom is 0.184 e. The molecule has 1 heterocycles. The summed E-state index contributed by atoms with van der Waals surface area (Å²) in [6.45, 7) is 0.321.